The quantitative estimate of drug-likeness (QED) is 0.679. The molecule has 0 saturated carbocycles. The molecule has 0 radical (unpaired) electrons. The Bertz CT molecular complexity index is 880. The Morgan fingerprint density at radius 1 is 0.962 bits per heavy atom. The second-order valence-corrected chi connectivity index (χ2v) is 5.92. The van der Waals surface area contributed by atoms with Crippen molar-refractivity contribution in [1.29, 1.82) is 0 Å². The van der Waals surface area contributed by atoms with Crippen LogP contribution in [0.3, 0.4) is 0 Å². The molecule has 1 amide bonds. The van der Waals surface area contributed by atoms with Crippen LogP contribution in [0.4, 0.5) is 14.5 Å². The number of rotatable bonds is 6. The Labute approximate surface area is 150 Å². The molecule has 0 spiro atoms. The largest absolute Gasteiger partial charge is 0.326 e. The fourth-order valence-electron chi connectivity index (χ4n) is 2.68. The number of pyridine rings is 1. The van der Waals surface area contributed by atoms with E-state index >= 15 is 0 Å². The van der Waals surface area contributed by atoms with Crippen LogP contribution in [0.2, 0.25) is 0 Å². The number of aromatic nitrogens is 1. The lowest BCUT2D eigenvalue weighted by atomic mass is 10.0. The number of hydrogen-bond donors (Lipinski definition) is 1. The first-order valence-electron chi connectivity index (χ1n) is 8.37. The topological polar surface area (TPSA) is 42.0 Å². The third kappa shape index (κ3) is 4.72. The molecule has 2 aromatic carbocycles. The molecule has 1 heterocycles. The normalized spacial score (nSPS) is 10.5. The van der Waals surface area contributed by atoms with E-state index in [0.29, 0.717) is 36.1 Å². The van der Waals surface area contributed by atoms with Crippen molar-refractivity contribution in [3.63, 3.8) is 0 Å². The van der Waals surface area contributed by atoms with Crippen molar-refractivity contribution in [2.45, 2.75) is 19.3 Å². The molecule has 3 nitrogen and oxygen atoms in total. The van der Waals surface area contributed by atoms with Crippen LogP contribution in [-0.2, 0) is 11.2 Å². The lowest BCUT2D eigenvalue weighted by molar-refractivity contribution is -0.116. The Kier molecular flexibility index (Phi) is 5.69. The average molecular weight is 352 g/mol. The molecular weight excluding hydrogens is 334 g/mol. The van der Waals surface area contributed by atoms with Gasteiger partial charge >= 0.3 is 0 Å². The molecule has 5 heteroatoms. The first kappa shape index (κ1) is 17.7. The number of benzene rings is 2. The van der Waals surface area contributed by atoms with Gasteiger partial charge in [-0.05, 0) is 60.9 Å². The predicted molar refractivity (Wildman–Crippen MR) is 97.6 cm³/mol. The number of carbonyl (C=O) groups excluding carboxylic acids is 1. The maximum absolute atomic E-state index is 13.6. The Morgan fingerprint density at radius 2 is 1.73 bits per heavy atom. The molecule has 0 aliphatic heterocycles. The maximum atomic E-state index is 13.6. The molecule has 0 bridgehead atoms. The molecule has 3 rings (SSSR count). The predicted octanol–water partition coefficient (Wildman–Crippen LogP) is 4.99. The third-order valence-electron chi connectivity index (χ3n) is 3.97. The third-order valence-corrected chi connectivity index (χ3v) is 3.97. The van der Waals surface area contributed by atoms with Crippen molar-refractivity contribution >= 4 is 11.6 Å². The smallest absolute Gasteiger partial charge is 0.224 e. The van der Waals surface area contributed by atoms with E-state index in [0.717, 1.165) is 5.69 Å². The fourth-order valence-corrected chi connectivity index (χ4v) is 2.68. The van der Waals surface area contributed by atoms with Crippen molar-refractivity contribution in [3.8, 4) is 11.1 Å². The average Bonchev–Trinajstić information content (AvgIpc) is 2.65. The number of carbonyl (C=O) groups is 1. The highest BCUT2D eigenvalue weighted by molar-refractivity contribution is 5.95. The molecule has 0 fully saturated rings. The van der Waals surface area contributed by atoms with Gasteiger partial charge in [0, 0.05) is 29.6 Å². The van der Waals surface area contributed by atoms with Crippen molar-refractivity contribution in [2.75, 3.05) is 5.32 Å². The summed E-state index contributed by atoms with van der Waals surface area (Å²) in [5.74, 6) is -0.946. The van der Waals surface area contributed by atoms with Crippen LogP contribution in [0.25, 0.3) is 11.1 Å². The van der Waals surface area contributed by atoms with Gasteiger partial charge < -0.3 is 5.32 Å². The standard InChI is InChI=1S/C21H18F2N2O/c22-16-9-7-15(8-10-16)19-14-17(23)11-12-20(19)25-21(26)6-3-5-18-4-1-2-13-24-18/h1-2,4,7-14H,3,5-6H2,(H,25,26). The molecule has 3 aromatic rings. The van der Waals surface area contributed by atoms with Crippen LogP contribution < -0.4 is 5.32 Å². The Balaban J connectivity index is 1.67. The number of aryl methyl sites for hydroxylation is 1. The molecule has 1 N–H and O–H groups in total. The summed E-state index contributed by atoms with van der Waals surface area (Å²) in [5, 5.41) is 2.82. The van der Waals surface area contributed by atoms with Crippen LogP contribution in [-0.4, -0.2) is 10.9 Å². The van der Waals surface area contributed by atoms with E-state index in [4.69, 9.17) is 0 Å². The number of nitrogens with one attached hydrogen (secondary N) is 1. The van der Waals surface area contributed by atoms with Crippen molar-refractivity contribution in [1.82, 2.24) is 4.98 Å². The highest BCUT2D eigenvalue weighted by atomic mass is 19.1. The van der Waals surface area contributed by atoms with Gasteiger partial charge in [-0.3, -0.25) is 9.78 Å². The van der Waals surface area contributed by atoms with Crippen LogP contribution >= 0.6 is 0 Å². The molecule has 1 aromatic heterocycles. The minimum absolute atomic E-state index is 0.157. The van der Waals surface area contributed by atoms with Gasteiger partial charge in [0.25, 0.3) is 0 Å². The number of anilines is 1. The van der Waals surface area contributed by atoms with E-state index in [1.807, 2.05) is 18.2 Å². The van der Waals surface area contributed by atoms with Gasteiger partial charge in [-0.15, -0.1) is 0 Å². The van der Waals surface area contributed by atoms with E-state index in [9.17, 15) is 13.6 Å². The zero-order chi connectivity index (χ0) is 18.4. The summed E-state index contributed by atoms with van der Waals surface area (Å²) < 4.78 is 26.8. The summed E-state index contributed by atoms with van der Waals surface area (Å²) >= 11 is 0. The van der Waals surface area contributed by atoms with E-state index < -0.39 is 5.82 Å². The van der Waals surface area contributed by atoms with Crippen LogP contribution in [0.5, 0.6) is 0 Å². The second kappa shape index (κ2) is 8.34. The lowest BCUT2D eigenvalue weighted by Crippen LogP contribution is -2.12. The molecule has 0 aliphatic rings. The summed E-state index contributed by atoms with van der Waals surface area (Å²) in [6.45, 7) is 0. The van der Waals surface area contributed by atoms with Crippen LogP contribution in [0.1, 0.15) is 18.5 Å². The molecular formula is C21H18F2N2O. The van der Waals surface area contributed by atoms with Crippen molar-refractivity contribution < 1.29 is 13.6 Å². The van der Waals surface area contributed by atoms with Gasteiger partial charge in [-0.25, -0.2) is 8.78 Å². The molecule has 132 valence electrons. The first-order valence-corrected chi connectivity index (χ1v) is 8.37. The van der Waals surface area contributed by atoms with Gasteiger partial charge in [-0.2, -0.15) is 0 Å². The molecule has 0 aliphatic carbocycles. The summed E-state index contributed by atoms with van der Waals surface area (Å²) in [4.78, 5) is 16.5. The van der Waals surface area contributed by atoms with E-state index in [2.05, 4.69) is 10.3 Å². The van der Waals surface area contributed by atoms with Crippen LogP contribution in [0, 0.1) is 11.6 Å². The Morgan fingerprint density at radius 3 is 2.46 bits per heavy atom. The Hall–Kier alpha value is -3.08. The summed E-state index contributed by atoms with van der Waals surface area (Å²) in [6, 6.07) is 15.5. The van der Waals surface area contributed by atoms with Crippen molar-refractivity contribution in [3.05, 3.63) is 84.2 Å². The number of amides is 1. The first-order chi connectivity index (χ1) is 12.6. The summed E-state index contributed by atoms with van der Waals surface area (Å²) in [7, 11) is 0. The van der Waals surface area contributed by atoms with E-state index in [-0.39, 0.29) is 11.7 Å². The lowest BCUT2D eigenvalue weighted by Gasteiger charge is -2.12. The van der Waals surface area contributed by atoms with E-state index in [1.54, 1.807) is 18.3 Å². The number of halogens is 2. The summed E-state index contributed by atoms with van der Waals surface area (Å²) in [5.41, 5.74) is 2.59. The van der Waals surface area contributed by atoms with Crippen molar-refractivity contribution in [2.24, 2.45) is 0 Å². The monoisotopic (exact) mass is 352 g/mol. The molecule has 26 heavy (non-hydrogen) atoms. The van der Waals surface area contributed by atoms with Crippen LogP contribution in [0.15, 0.2) is 66.9 Å². The van der Waals surface area contributed by atoms with Gasteiger partial charge in [0.15, 0.2) is 0 Å². The fraction of sp³-hybridized carbons (Fsp3) is 0.143. The highest BCUT2D eigenvalue weighted by Crippen LogP contribution is 2.29. The van der Waals surface area contributed by atoms with Gasteiger partial charge in [0.2, 0.25) is 5.91 Å². The minimum atomic E-state index is -0.419. The second-order valence-electron chi connectivity index (χ2n) is 5.92. The number of nitrogens with zero attached hydrogens (tertiary/aromatic N) is 1. The number of hydrogen-bond acceptors (Lipinski definition) is 2. The molecule has 0 atom stereocenters. The minimum Gasteiger partial charge on any atom is -0.326 e. The summed E-state index contributed by atoms with van der Waals surface area (Å²) in [6.07, 6.45) is 3.43. The molecule has 0 unspecified atom stereocenters. The molecule has 0 saturated heterocycles. The highest BCUT2D eigenvalue weighted by Gasteiger charge is 2.10. The maximum Gasteiger partial charge on any atom is 0.224 e. The zero-order valence-corrected chi connectivity index (χ0v) is 14.1. The van der Waals surface area contributed by atoms with E-state index in [1.165, 1.54) is 30.3 Å². The van der Waals surface area contributed by atoms with Gasteiger partial charge in [-0.1, -0.05) is 18.2 Å². The SMILES string of the molecule is O=C(CCCc1ccccn1)Nc1ccc(F)cc1-c1ccc(F)cc1. The van der Waals surface area contributed by atoms with Gasteiger partial charge in [0.05, 0.1) is 0 Å². The zero-order valence-electron chi connectivity index (χ0n) is 14.1. The van der Waals surface area contributed by atoms with Gasteiger partial charge in [0.1, 0.15) is 11.6 Å².